The molecule has 0 bridgehead atoms. The van der Waals surface area contributed by atoms with E-state index in [1.165, 1.54) is 11.1 Å². The van der Waals surface area contributed by atoms with Crippen molar-refractivity contribution >= 4 is 11.6 Å². The summed E-state index contributed by atoms with van der Waals surface area (Å²) >= 11 is 6.04. The lowest BCUT2D eigenvalue weighted by Gasteiger charge is -2.24. The third-order valence-corrected chi connectivity index (χ3v) is 3.76. The molecule has 17 heavy (non-hydrogen) atoms. The highest BCUT2D eigenvalue weighted by Gasteiger charge is 2.34. The molecule has 2 heteroatoms. The normalized spacial score (nSPS) is 16.8. The van der Waals surface area contributed by atoms with Gasteiger partial charge in [-0.2, -0.15) is 0 Å². The zero-order valence-electron chi connectivity index (χ0n) is 9.49. The summed E-state index contributed by atoms with van der Waals surface area (Å²) in [5.74, 6) is 0. The van der Waals surface area contributed by atoms with Crippen LogP contribution in [0.15, 0.2) is 48.5 Å². The molecule has 1 aliphatic rings. The summed E-state index contributed by atoms with van der Waals surface area (Å²) in [5.41, 5.74) is 10.1. The van der Waals surface area contributed by atoms with E-state index in [0.717, 1.165) is 23.4 Å². The molecule has 0 saturated carbocycles. The van der Waals surface area contributed by atoms with Gasteiger partial charge in [-0.3, -0.25) is 0 Å². The molecule has 1 aliphatic carbocycles. The zero-order chi connectivity index (χ0) is 11.9. The van der Waals surface area contributed by atoms with Gasteiger partial charge < -0.3 is 5.73 Å². The Bertz CT molecular complexity index is 537. The van der Waals surface area contributed by atoms with Gasteiger partial charge in [0.15, 0.2) is 0 Å². The third-order valence-electron chi connectivity index (χ3n) is 3.53. The predicted molar refractivity (Wildman–Crippen MR) is 71.2 cm³/mol. The molecule has 0 fully saturated rings. The van der Waals surface area contributed by atoms with Gasteiger partial charge in [0.1, 0.15) is 0 Å². The van der Waals surface area contributed by atoms with E-state index >= 15 is 0 Å². The fourth-order valence-corrected chi connectivity index (χ4v) is 2.84. The van der Waals surface area contributed by atoms with Crippen LogP contribution in [0, 0.1) is 0 Å². The van der Waals surface area contributed by atoms with Crippen LogP contribution in [0.3, 0.4) is 0 Å². The summed E-state index contributed by atoms with van der Waals surface area (Å²) < 4.78 is 0. The molecule has 2 N–H and O–H groups in total. The molecule has 0 aromatic heterocycles. The van der Waals surface area contributed by atoms with Crippen molar-refractivity contribution in [2.75, 3.05) is 0 Å². The van der Waals surface area contributed by atoms with Gasteiger partial charge in [-0.05, 0) is 41.7 Å². The Balaban J connectivity index is 2.01. The van der Waals surface area contributed by atoms with Gasteiger partial charge in [0, 0.05) is 10.6 Å². The Labute approximate surface area is 106 Å². The van der Waals surface area contributed by atoms with E-state index in [1.807, 2.05) is 18.2 Å². The minimum Gasteiger partial charge on any atom is -0.321 e. The van der Waals surface area contributed by atoms with Crippen molar-refractivity contribution in [1.29, 1.82) is 0 Å². The first-order valence-corrected chi connectivity index (χ1v) is 6.17. The molecule has 3 rings (SSSR count). The van der Waals surface area contributed by atoms with E-state index in [-0.39, 0.29) is 5.54 Å². The number of halogens is 1. The van der Waals surface area contributed by atoms with Crippen molar-refractivity contribution in [2.45, 2.75) is 18.4 Å². The van der Waals surface area contributed by atoms with E-state index in [1.54, 1.807) is 0 Å². The molecule has 86 valence electrons. The maximum atomic E-state index is 6.54. The average molecular weight is 244 g/mol. The lowest BCUT2D eigenvalue weighted by Crippen LogP contribution is -2.37. The number of nitrogens with two attached hydrogens (primary N) is 1. The minimum atomic E-state index is -0.297. The van der Waals surface area contributed by atoms with Gasteiger partial charge >= 0.3 is 0 Å². The summed E-state index contributed by atoms with van der Waals surface area (Å²) in [5, 5.41) is 0.753. The Morgan fingerprint density at radius 3 is 2.18 bits per heavy atom. The first-order valence-electron chi connectivity index (χ1n) is 5.79. The highest BCUT2D eigenvalue weighted by Crippen LogP contribution is 2.36. The topological polar surface area (TPSA) is 26.0 Å². The molecule has 0 radical (unpaired) electrons. The Morgan fingerprint density at radius 1 is 0.941 bits per heavy atom. The van der Waals surface area contributed by atoms with E-state index < -0.39 is 0 Å². The standard InChI is InChI=1S/C15H14ClN/c16-14-7-3-6-13(8-14)15(17)9-11-4-1-2-5-12(11)10-15/h1-8H,9-10,17H2. The maximum Gasteiger partial charge on any atom is 0.0491 e. The summed E-state index contributed by atoms with van der Waals surface area (Å²) in [6.45, 7) is 0. The Morgan fingerprint density at radius 2 is 1.59 bits per heavy atom. The second kappa shape index (κ2) is 3.86. The van der Waals surface area contributed by atoms with Gasteiger partial charge in [0.2, 0.25) is 0 Å². The number of benzene rings is 2. The van der Waals surface area contributed by atoms with Crippen LogP contribution in [-0.2, 0) is 18.4 Å². The number of hydrogen-bond acceptors (Lipinski definition) is 1. The van der Waals surface area contributed by atoms with E-state index in [9.17, 15) is 0 Å². The number of hydrogen-bond donors (Lipinski definition) is 1. The molecule has 0 atom stereocenters. The van der Waals surface area contributed by atoms with E-state index in [4.69, 9.17) is 17.3 Å². The fraction of sp³-hybridized carbons (Fsp3) is 0.200. The lowest BCUT2D eigenvalue weighted by molar-refractivity contribution is 0.473. The van der Waals surface area contributed by atoms with E-state index in [2.05, 4.69) is 30.3 Å². The van der Waals surface area contributed by atoms with Crippen molar-refractivity contribution in [3.63, 3.8) is 0 Å². The van der Waals surface area contributed by atoms with Crippen molar-refractivity contribution < 1.29 is 0 Å². The highest BCUT2D eigenvalue weighted by molar-refractivity contribution is 6.30. The maximum absolute atomic E-state index is 6.54. The van der Waals surface area contributed by atoms with Crippen LogP contribution < -0.4 is 5.73 Å². The lowest BCUT2D eigenvalue weighted by atomic mass is 9.88. The zero-order valence-corrected chi connectivity index (χ0v) is 10.2. The molecule has 0 unspecified atom stereocenters. The molecule has 0 saturated heterocycles. The summed E-state index contributed by atoms with van der Waals surface area (Å²) in [7, 11) is 0. The third kappa shape index (κ3) is 1.86. The molecular formula is C15H14ClN. The summed E-state index contributed by atoms with van der Waals surface area (Å²) in [6.07, 6.45) is 1.78. The molecule has 0 spiro atoms. The monoisotopic (exact) mass is 243 g/mol. The Kier molecular flexibility index (Phi) is 2.46. The second-order valence-corrected chi connectivity index (χ2v) is 5.23. The first kappa shape index (κ1) is 10.8. The molecule has 0 aliphatic heterocycles. The Hall–Kier alpha value is -1.31. The van der Waals surface area contributed by atoms with Crippen LogP contribution in [0.25, 0.3) is 0 Å². The van der Waals surface area contributed by atoms with Crippen molar-refractivity contribution in [1.82, 2.24) is 0 Å². The summed E-state index contributed by atoms with van der Waals surface area (Å²) in [6, 6.07) is 16.4. The molecule has 2 aromatic rings. The second-order valence-electron chi connectivity index (χ2n) is 4.79. The number of fused-ring (bicyclic) bond motifs is 1. The van der Waals surface area contributed by atoms with Crippen molar-refractivity contribution in [3.05, 3.63) is 70.2 Å². The average Bonchev–Trinajstić information content (AvgIpc) is 2.66. The molecule has 0 amide bonds. The van der Waals surface area contributed by atoms with Gasteiger partial charge in [-0.1, -0.05) is 48.0 Å². The largest absolute Gasteiger partial charge is 0.321 e. The molecule has 0 heterocycles. The molecule has 2 aromatic carbocycles. The first-order chi connectivity index (χ1) is 8.17. The molecular weight excluding hydrogens is 230 g/mol. The van der Waals surface area contributed by atoms with Crippen LogP contribution >= 0.6 is 11.6 Å². The number of rotatable bonds is 1. The van der Waals surface area contributed by atoms with Crippen LogP contribution in [0.5, 0.6) is 0 Å². The SMILES string of the molecule is NC1(c2cccc(Cl)c2)Cc2ccccc2C1. The van der Waals surface area contributed by atoms with Gasteiger partial charge in [0.25, 0.3) is 0 Å². The van der Waals surface area contributed by atoms with Gasteiger partial charge in [-0.25, -0.2) is 0 Å². The van der Waals surface area contributed by atoms with Crippen molar-refractivity contribution in [3.8, 4) is 0 Å². The highest BCUT2D eigenvalue weighted by atomic mass is 35.5. The smallest absolute Gasteiger partial charge is 0.0491 e. The van der Waals surface area contributed by atoms with Crippen LogP contribution in [-0.4, -0.2) is 0 Å². The summed E-state index contributed by atoms with van der Waals surface area (Å²) in [4.78, 5) is 0. The van der Waals surface area contributed by atoms with Crippen LogP contribution in [0.4, 0.5) is 0 Å². The van der Waals surface area contributed by atoms with Crippen molar-refractivity contribution in [2.24, 2.45) is 5.73 Å². The molecule has 1 nitrogen and oxygen atoms in total. The quantitative estimate of drug-likeness (QED) is 0.817. The fourth-order valence-electron chi connectivity index (χ4n) is 2.65. The predicted octanol–water partition coefficient (Wildman–Crippen LogP) is 3.29. The van der Waals surface area contributed by atoms with Crippen LogP contribution in [0.2, 0.25) is 5.02 Å². The van der Waals surface area contributed by atoms with Gasteiger partial charge in [0.05, 0.1) is 0 Å². The van der Waals surface area contributed by atoms with E-state index in [0.29, 0.717) is 0 Å². The van der Waals surface area contributed by atoms with Crippen LogP contribution in [0.1, 0.15) is 16.7 Å². The minimum absolute atomic E-state index is 0.297. The van der Waals surface area contributed by atoms with Gasteiger partial charge in [-0.15, -0.1) is 0 Å².